The zero-order valence-corrected chi connectivity index (χ0v) is 17.4. The number of fused-ring (bicyclic) bond motifs is 2. The third kappa shape index (κ3) is 3.36. The van der Waals surface area contributed by atoms with E-state index in [4.69, 9.17) is 5.10 Å². The number of carbonyl (C=O) groups is 1. The van der Waals surface area contributed by atoms with Gasteiger partial charge in [0.25, 0.3) is 5.56 Å². The summed E-state index contributed by atoms with van der Waals surface area (Å²) >= 11 is 0. The standard InChI is InChI=1S/C23H24N6O2/c1-14(30)28-12-16-6-7-18(10-17(16)13-28)26-22-21-20(8-9-25-23(21)31)29(27-22)19-5-3-2-4-15(19)11-24/h6-10,15,19H,2-5,12-13H2,1H3,(H,25,31)(H,26,27). The molecule has 1 saturated carbocycles. The first kappa shape index (κ1) is 19.4. The molecule has 3 aromatic rings. The molecule has 2 N–H and O–H groups in total. The van der Waals surface area contributed by atoms with Crippen molar-refractivity contribution in [1.29, 1.82) is 5.26 Å². The lowest BCUT2D eigenvalue weighted by Crippen LogP contribution is -2.23. The van der Waals surface area contributed by atoms with Gasteiger partial charge in [-0.05, 0) is 42.2 Å². The van der Waals surface area contributed by atoms with Crippen LogP contribution < -0.4 is 10.9 Å². The molecule has 0 radical (unpaired) electrons. The van der Waals surface area contributed by atoms with E-state index in [1.165, 1.54) is 0 Å². The minimum absolute atomic E-state index is 0.0391. The van der Waals surface area contributed by atoms with Crippen LogP contribution in [0.1, 0.15) is 49.8 Å². The molecular formula is C23H24N6O2. The van der Waals surface area contributed by atoms with Crippen molar-refractivity contribution in [3.05, 3.63) is 51.9 Å². The summed E-state index contributed by atoms with van der Waals surface area (Å²) in [6.07, 6.45) is 5.45. The number of hydrogen-bond donors (Lipinski definition) is 2. The van der Waals surface area contributed by atoms with Crippen molar-refractivity contribution in [2.24, 2.45) is 5.92 Å². The van der Waals surface area contributed by atoms with Gasteiger partial charge in [-0.1, -0.05) is 18.9 Å². The highest BCUT2D eigenvalue weighted by molar-refractivity contribution is 5.91. The monoisotopic (exact) mass is 416 g/mol. The van der Waals surface area contributed by atoms with Crippen LogP contribution in [0.2, 0.25) is 0 Å². The predicted octanol–water partition coefficient (Wildman–Crippen LogP) is 3.59. The Morgan fingerprint density at radius 2 is 2.03 bits per heavy atom. The summed E-state index contributed by atoms with van der Waals surface area (Å²) in [5, 5.41) is 18.2. The van der Waals surface area contributed by atoms with Crippen molar-refractivity contribution in [2.75, 3.05) is 5.32 Å². The molecule has 8 nitrogen and oxygen atoms in total. The molecule has 2 unspecified atom stereocenters. The second-order valence-corrected chi connectivity index (χ2v) is 8.43. The molecule has 2 aromatic heterocycles. The van der Waals surface area contributed by atoms with Gasteiger partial charge in [-0.3, -0.25) is 14.3 Å². The van der Waals surface area contributed by atoms with Gasteiger partial charge in [0.15, 0.2) is 5.82 Å². The second kappa shape index (κ2) is 7.58. The Balaban J connectivity index is 1.53. The van der Waals surface area contributed by atoms with Crippen molar-refractivity contribution in [2.45, 2.75) is 51.7 Å². The van der Waals surface area contributed by atoms with Crippen LogP contribution in [0.15, 0.2) is 35.3 Å². The number of aromatic nitrogens is 3. The minimum Gasteiger partial charge on any atom is -0.338 e. The molecule has 0 spiro atoms. The molecule has 5 rings (SSSR count). The predicted molar refractivity (Wildman–Crippen MR) is 117 cm³/mol. The van der Waals surface area contributed by atoms with E-state index in [1.807, 2.05) is 28.9 Å². The Morgan fingerprint density at radius 1 is 1.23 bits per heavy atom. The van der Waals surface area contributed by atoms with Crippen molar-refractivity contribution in [1.82, 2.24) is 19.7 Å². The van der Waals surface area contributed by atoms with Gasteiger partial charge in [0, 0.05) is 31.9 Å². The Labute approximate surface area is 179 Å². The number of nitrogens with one attached hydrogen (secondary N) is 2. The van der Waals surface area contributed by atoms with Crippen LogP contribution >= 0.6 is 0 Å². The number of nitriles is 1. The zero-order chi connectivity index (χ0) is 21.5. The SMILES string of the molecule is CC(=O)N1Cc2ccc(Nc3nn(C4CCCCC4C#N)c4cc[nH]c(=O)c34)cc2C1. The molecular weight excluding hydrogens is 392 g/mol. The Hall–Kier alpha value is -3.60. The van der Waals surface area contributed by atoms with Gasteiger partial charge in [-0.2, -0.15) is 10.4 Å². The van der Waals surface area contributed by atoms with Gasteiger partial charge in [0.05, 0.1) is 23.5 Å². The Bertz CT molecular complexity index is 1270. The number of aromatic amines is 1. The summed E-state index contributed by atoms with van der Waals surface area (Å²) in [5.41, 5.74) is 3.57. The lowest BCUT2D eigenvalue weighted by atomic mass is 9.85. The molecule has 1 amide bonds. The largest absolute Gasteiger partial charge is 0.338 e. The number of benzene rings is 1. The average molecular weight is 416 g/mol. The first-order valence-electron chi connectivity index (χ1n) is 10.7. The summed E-state index contributed by atoms with van der Waals surface area (Å²) < 4.78 is 1.87. The summed E-state index contributed by atoms with van der Waals surface area (Å²) in [6, 6.07) is 10.2. The average Bonchev–Trinajstić information content (AvgIpc) is 3.36. The van der Waals surface area contributed by atoms with Gasteiger partial charge in [-0.15, -0.1) is 0 Å². The fraction of sp³-hybridized carbons (Fsp3) is 0.391. The number of pyridine rings is 1. The first-order chi connectivity index (χ1) is 15.0. The van der Waals surface area contributed by atoms with E-state index in [1.54, 1.807) is 18.0 Å². The smallest absolute Gasteiger partial charge is 0.261 e. The number of hydrogen-bond acceptors (Lipinski definition) is 5. The summed E-state index contributed by atoms with van der Waals surface area (Å²) in [6.45, 7) is 2.79. The van der Waals surface area contributed by atoms with Crippen LogP contribution in [0, 0.1) is 17.2 Å². The maximum absolute atomic E-state index is 12.7. The van der Waals surface area contributed by atoms with E-state index < -0.39 is 0 Å². The number of carbonyl (C=O) groups excluding carboxylic acids is 1. The normalized spacial score (nSPS) is 20.5. The highest BCUT2D eigenvalue weighted by Crippen LogP contribution is 2.37. The molecule has 2 aliphatic rings. The second-order valence-electron chi connectivity index (χ2n) is 8.43. The molecule has 1 aromatic carbocycles. The first-order valence-corrected chi connectivity index (χ1v) is 10.7. The highest BCUT2D eigenvalue weighted by atomic mass is 16.2. The van der Waals surface area contributed by atoms with Gasteiger partial charge in [0.2, 0.25) is 5.91 Å². The van der Waals surface area contributed by atoms with Crippen LogP contribution in [0.4, 0.5) is 11.5 Å². The van der Waals surface area contributed by atoms with Crippen molar-refractivity contribution >= 4 is 28.3 Å². The third-order valence-electron chi connectivity index (χ3n) is 6.48. The van der Waals surface area contributed by atoms with Gasteiger partial charge < -0.3 is 15.2 Å². The Kier molecular flexibility index (Phi) is 4.74. The molecule has 8 heteroatoms. The van der Waals surface area contributed by atoms with Gasteiger partial charge in [-0.25, -0.2) is 0 Å². The van der Waals surface area contributed by atoms with Crippen LogP contribution in [-0.4, -0.2) is 25.6 Å². The number of amides is 1. The van der Waals surface area contributed by atoms with E-state index in [9.17, 15) is 14.9 Å². The minimum atomic E-state index is -0.209. The van der Waals surface area contributed by atoms with Gasteiger partial charge >= 0.3 is 0 Å². The molecule has 3 heterocycles. The molecule has 0 saturated heterocycles. The molecule has 0 bridgehead atoms. The van der Waals surface area contributed by atoms with Crippen molar-refractivity contribution in [3.8, 4) is 6.07 Å². The van der Waals surface area contributed by atoms with E-state index in [0.717, 1.165) is 48.0 Å². The van der Waals surface area contributed by atoms with Crippen LogP contribution in [0.3, 0.4) is 0 Å². The third-order valence-corrected chi connectivity index (χ3v) is 6.48. The fourth-order valence-corrected chi connectivity index (χ4v) is 4.83. The number of nitrogens with zero attached hydrogens (tertiary/aromatic N) is 4. The lowest BCUT2D eigenvalue weighted by Gasteiger charge is -2.27. The fourth-order valence-electron chi connectivity index (χ4n) is 4.83. The molecule has 1 aliphatic heterocycles. The zero-order valence-electron chi connectivity index (χ0n) is 17.4. The number of rotatable bonds is 3. The summed E-state index contributed by atoms with van der Waals surface area (Å²) in [5.74, 6) is 0.434. The summed E-state index contributed by atoms with van der Waals surface area (Å²) in [4.78, 5) is 28.9. The maximum Gasteiger partial charge on any atom is 0.261 e. The molecule has 158 valence electrons. The molecule has 1 fully saturated rings. The van der Waals surface area contributed by atoms with Crippen molar-refractivity contribution < 1.29 is 4.79 Å². The molecule has 1 aliphatic carbocycles. The van der Waals surface area contributed by atoms with Gasteiger partial charge in [0.1, 0.15) is 5.39 Å². The topological polar surface area (TPSA) is 107 Å². The van der Waals surface area contributed by atoms with Crippen molar-refractivity contribution in [3.63, 3.8) is 0 Å². The highest BCUT2D eigenvalue weighted by Gasteiger charge is 2.30. The number of H-pyrrole nitrogens is 1. The van der Waals surface area contributed by atoms with Crippen LogP contribution in [0.25, 0.3) is 10.9 Å². The molecule has 31 heavy (non-hydrogen) atoms. The molecule has 2 atom stereocenters. The summed E-state index contributed by atoms with van der Waals surface area (Å²) in [7, 11) is 0. The maximum atomic E-state index is 12.7. The van der Waals surface area contributed by atoms with Crippen LogP contribution in [0.5, 0.6) is 0 Å². The van der Waals surface area contributed by atoms with Crippen LogP contribution in [-0.2, 0) is 17.9 Å². The quantitative estimate of drug-likeness (QED) is 0.679. The van der Waals surface area contributed by atoms with E-state index in [0.29, 0.717) is 24.3 Å². The van der Waals surface area contributed by atoms with E-state index in [2.05, 4.69) is 16.4 Å². The van der Waals surface area contributed by atoms with E-state index in [-0.39, 0.29) is 23.4 Å². The number of anilines is 2. The van der Waals surface area contributed by atoms with E-state index >= 15 is 0 Å². The Morgan fingerprint density at radius 3 is 2.84 bits per heavy atom. The lowest BCUT2D eigenvalue weighted by molar-refractivity contribution is -0.129.